The Bertz CT molecular complexity index is 584. The topological polar surface area (TPSA) is 37.3 Å². The Kier molecular flexibility index (Phi) is 3.89. The van der Waals surface area contributed by atoms with Crippen LogP contribution in [0.15, 0.2) is 52.3 Å². The molecular formula is C13H8ClFO2S. The van der Waals surface area contributed by atoms with E-state index in [-0.39, 0.29) is 10.6 Å². The second-order valence-corrected chi connectivity index (χ2v) is 5.06. The Labute approximate surface area is 112 Å². The molecule has 0 aliphatic carbocycles. The van der Waals surface area contributed by atoms with Gasteiger partial charge in [-0.05, 0) is 42.5 Å². The van der Waals surface area contributed by atoms with E-state index in [1.807, 2.05) is 0 Å². The molecule has 2 aromatic carbocycles. The van der Waals surface area contributed by atoms with E-state index in [9.17, 15) is 9.18 Å². The third-order valence-electron chi connectivity index (χ3n) is 2.23. The van der Waals surface area contributed by atoms with Crippen LogP contribution >= 0.6 is 23.4 Å². The third kappa shape index (κ3) is 3.03. The second kappa shape index (κ2) is 5.42. The average Bonchev–Trinajstić information content (AvgIpc) is 2.34. The molecule has 0 unspecified atom stereocenters. The van der Waals surface area contributed by atoms with Crippen molar-refractivity contribution >= 4 is 29.3 Å². The molecule has 1 N–H and O–H groups in total. The smallest absolute Gasteiger partial charge is 0.335 e. The fourth-order valence-corrected chi connectivity index (χ4v) is 2.30. The zero-order chi connectivity index (χ0) is 13.1. The number of rotatable bonds is 3. The number of benzene rings is 2. The van der Waals surface area contributed by atoms with E-state index in [1.165, 1.54) is 36.0 Å². The summed E-state index contributed by atoms with van der Waals surface area (Å²) in [6.45, 7) is 0. The molecule has 0 saturated carbocycles. The van der Waals surface area contributed by atoms with Crippen LogP contribution < -0.4 is 0 Å². The molecule has 92 valence electrons. The summed E-state index contributed by atoms with van der Waals surface area (Å²) in [5.41, 5.74) is 0.224. The van der Waals surface area contributed by atoms with Gasteiger partial charge in [-0.15, -0.1) is 0 Å². The number of carboxylic acid groups (broad SMARTS) is 1. The summed E-state index contributed by atoms with van der Waals surface area (Å²) in [5, 5.41) is 8.85. The molecule has 2 aromatic rings. The Morgan fingerprint density at radius 2 is 1.72 bits per heavy atom. The van der Waals surface area contributed by atoms with E-state index in [0.717, 1.165) is 4.90 Å². The van der Waals surface area contributed by atoms with E-state index in [0.29, 0.717) is 4.90 Å². The maximum absolute atomic E-state index is 13.2. The molecule has 0 amide bonds. The Morgan fingerprint density at radius 3 is 2.28 bits per heavy atom. The van der Waals surface area contributed by atoms with E-state index in [1.54, 1.807) is 18.2 Å². The monoisotopic (exact) mass is 282 g/mol. The first-order valence-electron chi connectivity index (χ1n) is 5.02. The van der Waals surface area contributed by atoms with Gasteiger partial charge < -0.3 is 5.11 Å². The number of hydrogen-bond acceptors (Lipinski definition) is 2. The van der Waals surface area contributed by atoms with Crippen molar-refractivity contribution in [3.63, 3.8) is 0 Å². The third-order valence-corrected chi connectivity index (χ3v) is 3.53. The van der Waals surface area contributed by atoms with Crippen LogP contribution in [0.4, 0.5) is 4.39 Å². The molecule has 0 saturated heterocycles. The highest BCUT2D eigenvalue weighted by molar-refractivity contribution is 7.99. The zero-order valence-electron chi connectivity index (χ0n) is 9.06. The van der Waals surface area contributed by atoms with Crippen LogP contribution in [0, 0.1) is 5.82 Å². The normalized spacial score (nSPS) is 10.3. The molecule has 0 aliphatic rings. The molecular weight excluding hydrogens is 275 g/mol. The van der Waals surface area contributed by atoms with Gasteiger partial charge in [0.15, 0.2) is 0 Å². The predicted octanol–water partition coefficient (Wildman–Crippen LogP) is 4.33. The first kappa shape index (κ1) is 12.9. The largest absolute Gasteiger partial charge is 0.478 e. The standard InChI is InChI=1S/C13H8ClFO2S/c14-11-6-5-10(7-12(11)15)18-9-3-1-8(2-4-9)13(16)17/h1-7H,(H,16,17). The first-order chi connectivity index (χ1) is 8.56. The molecule has 0 radical (unpaired) electrons. The molecule has 18 heavy (non-hydrogen) atoms. The number of aromatic carboxylic acids is 1. The molecule has 5 heteroatoms. The highest BCUT2D eigenvalue weighted by Gasteiger charge is 2.05. The lowest BCUT2D eigenvalue weighted by atomic mass is 10.2. The van der Waals surface area contributed by atoms with Gasteiger partial charge in [-0.3, -0.25) is 0 Å². The van der Waals surface area contributed by atoms with Crippen molar-refractivity contribution in [2.75, 3.05) is 0 Å². The van der Waals surface area contributed by atoms with Gasteiger partial charge in [0.2, 0.25) is 0 Å². The van der Waals surface area contributed by atoms with Crippen LogP contribution in [-0.2, 0) is 0 Å². The van der Waals surface area contributed by atoms with Crippen molar-refractivity contribution in [3.8, 4) is 0 Å². The van der Waals surface area contributed by atoms with E-state index in [4.69, 9.17) is 16.7 Å². The van der Waals surface area contributed by atoms with Gasteiger partial charge in [-0.25, -0.2) is 9.18 Å². The number of carbonyl (C=O) groups is 1. The summed E-state index contributed by atoms with van der Waals surface area (Å²) in [4.78, 5) is 12.2. The Balaban J connectivity index is 2.18. The maximum Gasteiger partial charge on any atom is 0.335 e. The molecule has 2 nitrogen and oxygen atoms in total. The van der Waals surface area contributed by atoms with Gasteiger partial charge in [0, 0.05) is 9.79 Å². The van der Waals surface area contributed by atoms with Gasteiger partial charge in [-0.1, -0.05) is 23.4 Å². The molecule has 0 heterocycles. The van der Waals surface area contributed by atoms with Crippen LogP contribution in [0.25, 0.3) is 0 Å². The summed E-state index contributed by atoms with van der Waals surface area (Å²) >= 11 is 6.93. The molecule has 2 rings (SSSR count). The summed E-state index contributed by atoms with van der Waals surface area (Å²) < 4.78 is 13.2. The van der Waals surface area contributed by atoms with Crippen molar-refractivity contribution in [2.24, 2.45) is 0 Å². The Morgan fingerprint density at radius 1 is 1.11 bits per heavy atom. The summed E-state index contributed by atoms with van der Waals surface area (Å²) in [6.07, 6.45) is 0. The number of halogens is 2. The Hall–Kier alpha value is -1.52. The molecule has 0 aliphatic heterocycles. The highest BCUT2D eigenvalue weighted by atomic mass is 35.5. The number of hydrogen-bond donors (Lipinski definition) is 1. The van der Waals surface area contributed by atoms with Crippen LogP contribution in [0.5, 0.6) is 0 Å². The summed E-state index contributed by atoms with van der Waals surface area (Å²) in [7, 11) is 0. The number of carboxylic acids is 1. The van der Waals surface area contributed by atoms with E-state index in [2.05, 4.69) is 0 Å². The minimum atomic E-state index is -0.968. The van der Waals surface area contributed by atoms with Crippen molar-refractivity contribution in [2.45, 2.75) is 9.79 Å². The molecule has 0 spiro atoms. The summed E-state index contributed by atoms with van der Waals surface area (Å²) in [6, 6.07) is 10.9. The van der Waals surface area contributed by atoms with E-state index < -0.39 is 11.8 Å². The van der Waals surface area contributed by atoms with Crippen molar-refractivity contribution in [3.05, 3.63) is 58.9 Å². The van der Waals surface area contributed by atoms with Crippen LogP contribution in [0.3, 0.4) is 0 Å². The van der Waals surface area contributed by atoms with Crippen LogP contribution in [0.2, 0.25) is 5.02 Å². The fraction of sp³-hybridized carbons (Fsp3) is 0. The average molecular weight is 283 g/mol. The van der Waals surface area contributed by atoms with Crippen molar-refractivity contribution < 1.29 is 14.3 Å². The second-order valence-electron chi connectivity index (χ2n) is 3.51. The maximum atomic E-state index is 13.2. The minimum absolute atomic E-state index is 0.0839. The van der Waals surface area contributed by atoms with Crippen molar-refractivity contribution in [1.29, 1.82) is 0 Å². The predicted molar refractivity (Wildman–Crippen MR) is 68.9 cm³/mol. The van der Waals surface area contributed by atoms with Crippen LogP contribution in [0.1, 0.15) is 10.4 Å². The van der Waals surface area contributed by atoms with Crippen molar-refractivity contribution in [1.82, 2.24) is 0 Å². The van der Waals surface area contributed by atoms with Gasteiger partial charge in [0.1, 0.15) is 5.82 Å². The SMILES string of the molecule is O=C(O)c1ccc(Sc2ccc(Cl)c(F)c2)cc1. The summed E-state index contributed by atoms with van der Waals surface area (Å²) in [5.74, 6) is -1.44. The van der Waals surface area contributed by atoms with Gasteiger partial charge in [0.05, 0.1) is 10.6 Å². The first-order valence-corrected chi connectivity index (χ1v) is 6.22. The molecule has 0 bridgehead atoms. The van der Waals surface area contributed by atoms with Gasteiger partial charge in [-0.2, -0.15) is 0 Å². The fourth-order valence-electron chi connectivity index (χ4n) is 1.34. The molecule has 0 fully saturated rings. The minimum Gasteiger partial charge on any atom is -0.478 e. The van der Waals surface area contributed by atoms with E-state index >= 15 is 0 Å². The lowest BCUT2D eigenvalue weighted by molar-refractivity contribution is 0.0697. The molecule has 0 aromatic heterocycles. The lowest BCUT2D eigenvalue weighted by Gasteiger charge is -2.03. The lowest BCUT2D eigenvalue weighted by Crippen LogP contribution is -1.94. The highest BCUT2D eigenvalue weighted by Crippen LogP contribution is 2.30. The zero-order valence-corrected chi connectivity index (χ0v) is 10.6. The molecule has 0 atom stereocenters. The van der Waals surface area contributed by atoms with Gasteiger partial charge in [0.25, 0.3) is 0 Å². The quantitative estimate of drug-likeness (QED) is 0.910. The van der Waals surface area contributed by atoms with Gasteiger partial charge >= 0.3 is 5.97 Å². The van der Waals surface area contributed by atoms with Crippen LogP contribution in [-0.4, -0.2) is 11.1 Å².